The third-order valence-electron chi connectivity index (χ3n) is 7.79. The maximum Gasteiger partial charge on any atom is 0.573 e. The highest BCUT2D eigenvalue weighted by Gasteiger charge is 2.48. The van der Waals surface area contributed by atoms with E-state index in [0.717, 1.165) is 18.9 Å². The molecule has 1 atom stereocenters. The van der Waals surface area contributed by atoms with Crippen molar-refractivity contribution in [3.05, 3.63) is 59.1 Å². The van der Waals surface area contributed by atoms with E-state index in [9.17, 15) is 27.5 Å². The maximum absolute atomic E-state index is 14.5. The number of piperidine rings is 1. The Morgan fingerprint density at radius 2 is 1.93 bits per heavy atom. The van der Waals surface area contributed by atoms with Gasteiger partial charge in [-0.25, -0.2) is 14.2 Å². The lowest BCUT2D eigenvalue weighted by Gasteiger charge is -2.37. The Morgan fingerprint density at radius 3 is 2.64 bits per heavy atom. The highest BCUT2D eigenvalue weighted by atomic mass is 32.1. The van der Waals surface area contributed by atoms with E-state index in [2.05, 4.69) is 14.9 Å². The first kappa shape index (κ1) is 27.1. The quantitative estimate of drug-likeness (QED) is 0.242. The molecule has 3 fully saturated rings. The van der Waals surface area contributed by atoms with Gasteiger partial charge in [-0.15, -0.1) is 13.2 Å². The Labute approximate surface area is 239 Å². The smallest absolute Gasteiger partial charge is 0.478 e. The van der Waals surface area contributed by atoms with Crippen LogP contribution < -0.4 is 9.64 Å². The molecule has 0 radical (unpaired) electrons. The molecule has 9 nitrogen and oxygen atoms in total. The number of fused-ring (bicyclic) bond motifs is 1. The highest BCUT2D eigenvalue weighted by Crippen LogP contribution is 2.51. The monoisotopic (exact) mass is 605 g/mol. The summed E-state index contributed by atoms with van der Waals surface area (Å²) in [6.45, 7) is 1.31. The van der Waals surface area contributed by atoms with Crippen molar-refractivity contribution in [1.29, 1.82) is 0 Å². The van der Waals surface area contributed by atoms with Crippen molar-refractivity contribution in [1.82, 2.24) is 10.1 Å². The van der Waals surface area contributed by atoms with Crippen LogP contribution in [-0.4, -0.2) is 52.9 Å². The van der Waals surface area contributed by atoms with Gasteiger partial charge >= 0.3 is 12.3 Å². The standard InChI is InChI=1S/C28H23F4N3O6S/c29-17-11-15(24(36)37)12-19-22(17)33-26(42-19)35-9-7-27(8-10-35)13-38-25(40-27)20-21(34-41-23(20)14-5-6-14)16-3-1-2-4-18(16)39-28(30,31)32/h1-4,11-12,14,25H,5-10,13H2,(H,36,37). The van der Waals surface area contributed by atoms with Gasteiger partial charge in [0, 0.05) is 24.6 Å². The average molecular weight is 606 g/mol. The van der Waals surface area contributed by atoms with E-state index in [-0.39, 0.29) is 34.9 Å². The van der Waals surface area contributed by atoms with Crippen molar-refractivity contribution in [2.24, 2.45) is 0 Å². The molecule has 220 valence electrons. The van der Waals surface area contributed by atoms with Crippen LogP contribution in [0.1, 0.15) is 59.6 Å². The van der Waals surface area contributed by atoms with Gasteiger partial charge in [-0.1, -0.05) is 28.6 Å². The minimum Gasteiger partial charge on any atom is -0.478 e. The summed E-state index contributed by atoms with van der Waals surface area (Å²) in [7, 11) is 0. The molecule has 42 heavy (non-hydrogen) atoms. The van der Waals surface area contributed by atoms with E-state index in [1.54, 1.807) is 6.07 Å². The number of aromatic carboxylic acids is 1. The largest absolute Gasteiger partial charge is 0.573 e. The van der Waals surface area contributed by atoms with Crippen molar-refractivity contribution in [2.75, 3.05) is 24.6 Å². The molecule has 4 heterocycles. The number of thiazole rings is 1. The summed E-state index contributed by atoms with van der Waals surface area (Å²) < 4.78 is 76.9. The molecule has 0 bridgehead atoms. The number of alkyl halides is 3. The molecular formula is C28H23F4N3O6S. The normalized spacial score (nSPS) is 20.5. The summed E-state index contributed by atoms with van der Waals surface area (Å²) in [6, 6.07) is 8.13. The van der Waals surface area contributed by atoms with Crippen LogP contribution in [0.15, 0.2) is 40.9 Å². The Hall–Kier alpha value is -3.75. The number of ether oxygens (including phenoxy) is 3. The lowest BCUT2D eigenvalue weighted by Crippen LogP contribution is -2.46. The fourth-order valence-electron chi connectivity index (χ4n) is 5.52. The highest BCUT2D eigenvalue weighted by molar-refractivity contribution is 7.22. The first-order valence-electron chi connectivity index (χ1n) is 13.3. The van der Waals surface area contributed by atoms with Crippen molar-refractivity contribution in [2.45, 2.75) is 49.9 Å². The van der Waals surface area contributed by atoms with E-state index in [1.165, 1.54) is 35.6 Å². The lowest BCUT2D eigenvalue weighted by molar-refractivity contribution is -0.274. The Kier molecular flexibility index (Phi) is 6.40. The summed E-state index contributed by atoms with van der Waals surface area (Å²) in [6.07, 6.45) is -2.94. The molecule has 3 aliphatic rings. The third kappa shape index (κ3) is 4.96. The lowest BCUT2D eigenvalue weighted by atomic mass is 9.92. The number of carboxylic acids is 1. The first-order chi connectivity index (χ1) is 20.1. The molecule has 1 saturated carbocycles. The van der Waals surface area contributed by atoms with Gasteiger partial charge in [0.25, 0.3) is 0 Å². The zero-order valence-corrected chi connectivity index (χ0v) is 22.6. The van der Waals surface area contributed by atoms with E-state index in [1.807, 2.05) is 4.90 Å². The SMILES string of the molecule is O=C(O)c1cc(F)c2nc(N3CCC4(CC3)COC(c3c(-c5ccccc5OC(F)(F)F)noc3C3CC3)O4)sc2c1. The molecule has 2 saturated heterocycles. The number of hydrogen-bond acceptors (Lipinski definition) is 9. The van der Waals surface area contributed by atoms with Gasteiger partial charge in [-0.3, -0.25) is 0 Å². The molecule has 2 aromatic heterocycles. The van der Waals surface area contributed by atoms with Gasteiger partial charge in [-0.05, 0) is 49.9 Å². The number of para-hydroxylation sites is 1. The molecule has 0 amide bonds. The molecule has 1 spiro atoms. The summed E-state index contributed by atoms with van der Waals surface area (Å²) >= 11 is 1.22. The second-order valence-corrected chi connectivity index (χ2v) is 11.7. The summed E-state index contributed by atoms with van der Waals surface area (Å²) in [5, 5.41) is 14.0. The van der Waals surface area contributed by atoms with Crippen molar-refractivity contribution in [3.63, 3.8) is 0 Å². The van der Waals surface area contributed by atoms with Gasteiger partial charge in [0.05, 0.1) is 28.0 Å². The fourth-order valence-corrected chi connectivity index (χ4v) is 6.59. The second kappa shape index (κ2) is 9.92. The van der Waals surface area contributed by atoms with Gasteiger partial charge in [0.2, 0.25) is 0 Å². The van der Waals surface area contributed by atoms with Crippen LogP contribution in [0.2, 0.25) is 0 Å². The number of halogens is 4. The Morgan fingerprint density at radius 1 is 1.17 bits per heavy atom. The van der Waals surface area contributed by atoms with Crippen LogP contribution in [0.3, 0.4) is 0 Å². The number of benzene rings is 2. The van der Waals surface area contributed by atoms with Gasteiger partial charge in [-0.2, -0.15) is 0 Å². The Bertz CT molecular complexity index is 1680. The molecule has 7 rings (SSSR count). The molecule has 1 N–H and O–H groups in total. The zero-order valence-electron chi connectivity index (χ0n) is 21.8. The minimum absolute atomic E-state index is 0.0867. The number of nitrogens with zero attached hydrogens (tertiary/aromatic N) is 3. The Balaban J connectivity index is 1.12. The predicted molar refractivity (Wildman–Crippen MR) is 141 cm³/mol. The molecule has 4 aromatic rings. The van der Waals surface area contributed by atoms with Crippen LogP contribution in [0.4, 0.5) is 22.7 Å². The van der Waals surface area contributed by atoms with Crippen molar-refractivity contribution < 1.29 is 46.2 Å². The van der Waals surface area contributed by atoms with Crippen molar-refractivity contribution in [3.8, 4) is 17.0 Å². The number of rotatable bonds is 6. The molecule has 2 aromatic carbocycles. The van der Waals surface area contributed by atoms with Crippen LogP contribution in [0.25, 0.3) is 21.5 Å². The summed E-state index contributed by atoms with van der Waals surface area (Å²) in [4.78, 5) is 17.7. The maximum atomic E-state index is 14.5. The van der Waals surface area contributed by atoms with Crippen LogP contribution in [0.5, 0.6) is 5.75 Å². The summed E-state index contributed by atoms with van der Waals surface area (Å²) in [5.41, 5.74) is 0.124. The van der Waals surface area contributed by atoms with Gasteiger partial charge in [0.15, 0.2) is 17.2 Å². The molecule has 2 aliphatic heterocycles. The molecule has 1 unspecified atom stereocenters. The number of anilines is 1. The fraction of sp³-hybridized carbons (Fsp3) is 0.393. The number of aromatic nitrogens is 2. The molecular weight excluding hydrogens is 582 g/mol. The van der Waals surface area contributed by atoms with Crippen molar-refractivity contribution >= 4 is 32.7 Å². The average Bonchev–Trinajstić information content (AvgIpc) is 3.35. The topological polar surface area (TPSA) is 107 Å². The van der Waals surface area contributed by atoms with E-state index >= 15 is 0 Å². The number of hydrogen-bond donors (Lipinski definition) is 1. The number of carbonyl (C=O) groups is 1. The van der Waals surface area contributed by atoms with Gasteiger partial charge < -0.3 is 28.7 Å². The van der Waals surface area contributed by atoms with Crippen LogP contribution in [0, 0.1) is 5.82 Å². The van der Waals surface area contributed by atoms with Crippen LogP contribution in [-0.2, 0) is 9.47 Å². The third-order valence-corrected chi connectivity index (χ3v) is 8.85. The minimum atomic E-state index is -4.88. The van der Waals surface area contributed by atoms with Gasteiger partial charge in [0.1, 0.15) is 22.7 Å². The summed E-state index contributed by atoms with van der Waals surface area (Å²) in [5.74, 6) is -1.66. The zero-order chi connectivity index (χ0) is 29.2. The second-order valence-electron chi connectivity index (χ2n) is 10.7. The van der Waals surface area contributed by atoms with E-state index < -0.39 is 35.8 Å². The first-order valence-corrected chi connectivity index (χ1v) is 14.1. The van der Waals surface area contributed by atoms with E-state index in [4.69, 9.17) is 14.0 Å². The predicted octanol–water partition coefficient (Wildman–Crippen LogP) is 6.65. The van der Waals surface area contributed by atoms with E-state index in [0.29, 0.717) is 47.1 Å². The van der Waals surface area contributed by atoms with Crippen LogP contribution >= 0.6 is 11.3 Å². The molecule has 14 heteroatoms. The molecule has 1 aliphatic carbocycles. The number of carboxylic acid groups (broad SMARTS) is 1.